The van der Waals surface area contributed by atoms with Crippen LogP contribution in [0.2, 0.25) is 0 Å². The summed E-state index contributed by atoms with van der Waals surface area (Å²) in [4.78, 5) is 30.3. The van der Waals surface area contributed by atoms with Gasteiger partial charge in [-0.3, -0.25) is 9.89 Å². The highest BCUT2D eigenvalue weighted by molar-refractivity contribution is 6.00. The number of H-pyrrole nitrogens is 1. The molecule has 4 rings (SSSR count). The molecule has 0 saturated heterocycles. The number of nitrogens with zero attached hydrogens (tertiary/aromatic N) is 3. The van der Waals surface area contributed by atoms with Gasteiger partial charge < -0.3 is 10.1 Å². The van der Waals surface area contributed by atoms with Gasteiger partial charge in [-0.05, 0) is 24.6 Å². The van der Waals surface area contributed by atoms with E-state index in [0.29, 0.717) is 5.56 Å². The quantitative estimate of drug-likeness (QED) is 0.497. The number of rotatable bonds is 5. The largest absolute Gasteiger partial charge is 0.462 e. The molecule has 0 aliphatic carbocycles. The molecule has 0 fully saturated rings. The molecule has 148 valence electrons. The third-order valence-corrected chi connectivity index (χ3v) is 4.48. The maximum Gasteiger partial charge on any atom is 0.344 e. The topological polar surface area (TPSA) is 112 Å². The highest BCUT2D eigenvalue weighted by Crippen LogP contribution is 2.29. The maximum absolute atomic E-state index is 13.2. The first-order valence-corrected chi connectivity index (χ1v) is 9.27. The summed E-state index contributed by atoms with van der Waals surface area (Å²) < 4.78 is 6.20. The van der Waals surface area contributed by atoms with Crippen molar-refractivity contribution in [1.82, 2.24) is 14.6 Å². The Labute approximate surface area is 171 Å². The van der Waals surface area contributed by atoms with Crippen LogP contribution in [0, 0.1) is 11.3 Å². The number of hydrogen-bond acceptors (Lipinski definition) is 6. The van der Waals surface area contributed by atoms with Crippen molar-refractivity contribution >= 4 is 23.3 Å². The van der Waals surface area contributed by atoms with Crippen LogP contribution in [0.4, 0.5) is 11.6 Å². The number of nitrogens with one attached hydrogen (secondary N) is 2. The maximum atomic E-state index is 13.2. The Morgan fingerprint density at radius 3 is 2.47 bits per heavy atom. The molecule has 2 aromatic heterocycles. The molecule has 2 aromatic carbocycles. The highest BCUT2D eigenvalue weighted by atomic mass is 16.5. The molecule has 0 amide bonds. The van der Waals surface area contributed by atoms with Crippen molar-refractivity contribution in [1.29, 1.82) is 5.26 Å². The zero-order chi connectivity index (χ0) is 21.1. The number of anilines is 2. The molecule has 30 heavy (non-hydrogen) atoms. The number of para-hydroxylation sites is 1. The number of pyridine rings is 1. The normalized spacial score (nSPS) is 10.5. The van der Waals surface area contributed by atoms with E-state index in [1.54, 1.807) is 37.3 Å². The minimum absolute atomic E-state index is 0.0981. The summed E-state index contributed by atoms with van der Waals surface area (Å²) >= 11 is 0. The predicted molar refractivity (Wildman–Crippen MR) is 112 cm³/mol. The summed E-state index contributed by atoms with van der Waals surface area (Å²) in [5.41, 5.74) is 0.865. The van der Waals surface area contributed by atoms with Crippen LogP contribution in [0.3, 0.4) is 0 Å². The summed E-state index contributed by atoms with van der Waals surface area (Å²) in [6.45, 7) is 1.75. The van der Waals surface area contributed by atoms with Crippen LogP contribution in [0.15, 0.2) is 65.5 Å². The van der Waals surface area contributed by atoms with E-state index in [1.165, 1.54) is 0 Å². The fraction of sp³-hybridized carbons (Fsp3) is 0.0909. The Morgan fingerprint density at radius 1 is 1.17 bits per heavy atom. The average molecular weight is 399 g/mol. The summed E-state index contributed by atoms with van der Waals surface area (Å²) in [5.74, 6) is -0.533. The first kappa shape index (κ1) is 19.0. The van der Waals surface area contributed by atoms with Gasteiger partial charge in [0, 0.05) is 11.3 Å². The van der Waals surface area contributed by atoms with Gasteiger partial charge in [-0.25, -0.2) is 4.79 Å². The van der Waals surface area contributed by atoms with Crippen LogP contribution >= 0.6 is 0 Å². The summed E-state index contributed by atoms with van der Waals surface area (Å²) in [5, 5.41) is 15.8. The highest BCUT2D eigenvalue weighted by Gasteiger charge is 2.27. The Morgan fingerprint density at radius 2 is 1.83 bits per heavy atom. The molecule has 0 bridgehead atoms. The second-order valence-electron chi connectivity index (χ2n) is 6.35. The van der Waals surface area contributed by atoms with Gasteiger partial charge in [0.2, 0.25) is 5.95 Å². The van der Waals surface area contributed by atoms with Gasteiger partial charge in [0.1, 0.15) is 17.2 Å². The molecule has 0 radical (unpaired) electrons. The van der Waals surface area contributed by atoms with Crippen LogP contribution in [0.5, 0.6) is 0 Å². The lowest BCUT2D eigenvalue weighted by Gasteiger charge is -2.11. The lowest BCUT2D eigenvalue weighted by Crippen LogP contribution is -2.26. The number of benzene rings is 2. The number of fused-ring (bicyclic) bond motifs is 1. The number of carbonyl (C=O) groups is 1. The van der Waals surface area contributed by atoms with Crippen molar-refractivity contribution in [2.75, 3.05) is 11.9 Å². The van der Waals surface area contributed by atoms with Crippen LogP contribution in [-0.4, -0.2) is 27.2 Å². The van der Waals surface area contributed by atoms with Crippen LogP contribution < -0.4 is 10.9 Å². The van der Waals surface area contributed by atoms with E-state index in [4.69, 9.17) is 4.74 Å². The van der Waals surface area contributed by atoms with Crippen LogP contribution in [0.25, 0.3) is 16.8 Å². The fourth-order valence-electron chi connectivity index (χ4n) is 3.22. The van der Waals surface area contributed by atoms with E-state index in [1.807, 2.05) is 30.3 Å². The van der Waals surface area contributed by atoms with E-state index in [9.17, 15) is 14.9 Å². The van der Waals surface area contributed by atoms with E-state index in [2.05, 4.69) is 21.5 Å². The molecule has 0 atom stereocenters. The lowest BCUT2D eigenvalue weighted by molar-refractivity contribution is 0.0525. The van der Waals surface area contributed by atoms with Crippen molar-refractivity contribution in [2.24, 2.45) is 0 Å². The molecule has 2 heterocycles. The monoisotopic (exact) mass is 399 g/mol. The second kappa shape index (κ2) is 7.93. The van der Waals surface area contributed by atoms with Crippen molar-refractivity contribution in [3.05, 3.63) is 82.1 Å². The Balaban J connectivity index is 2.00. The van der Waals surface area contributed by atoms with E-state index in [0.717, 1.165) is 10.2 Å². The van der Waals surface area contributed by atoms with Gasteiger partial charge >= 0.3 is 5.97 Å². The molecule has 0 spiro atoms. The first-order valence-electron chi connectivity index (χ1n) is 9.27. The molecule has 0 saturated carbocycles. The number of aromatic amines is 1. The van der Waals surface area contributed by atoms with E-state index >= 15 is 0 Å². The smallest absolute Gasteiger partial charge is 0.344 e. The zero-order valence-corrected chi connectivity index (χ0v) is 16.0. The van der Waals surface area contributed by atoms with Gasteiger partial charge in [0.25, 0.3) is 5.56 Å². The summed E-state index contributed by atoms with van der Waals surface area (Å²) in [6, 6.07) is 20.1. The third kappa shape index (κ3) is 3.29. The molecule has 8 nitrogen and oxygen atoms in total. The number of nitriles is 1. The van der Waals surface area contributed by atoms with Gasteiger partial charge in [-0.2, -0.15) is 14.8 Å². The second-order valence-corrected chi connectivity index (χ2v) is 6.35. The number of hydrogen-bond donors (Lipinski definition) is 2. The fourth-order valence-corrected chi connectivity index (χ4v) is 3.22. The van der Waals surface area contributed by atoms with Gasteiger partial charge in [0.05, 0.1) is 6.61 Å². The number of aromatic nitrogens is 3. The Kier molecular flexibility index (Phi) is 5.01. The number of esters is 1. The average Bonchev–Trinajstić information content (AvgIpc) is 3.19. The molecular formula is C22H17N5O3. The molecule has 2 N–H and O–H groups in total. The lowest BCUT2D eigenvalue weighted by atomic mass is 9.96. The molecular weight excluding hydrogens is 382 g/mol. The zero-order valence-electron chi connectivity index (χ0n) is 16.0. The van der Waals surface area contributed by atoms with Crippen LogP contribution in [0.1, 0.15) is 22.8 Å². The SMILES string of the molecule is CCOC(=O)c1c(-c2ccccc2)c(C#N)c2nc(Nc3ccccc3)[nH]n2c1=O. The number of ether oxygens (including phenoxy) is 1. The molecule has 0 aliphatic heterocycles. The first-order chi connectivity index (χ1) is 14.6. The Bertz CT molecular complexity index is 1320. The van der Waals surface area contributed by atoms with Crippen molar-refractivity contribution < 1.29 is 9.53 Å². The number of carbonyl (C=O) groups excluding carboxylic acids is 1. The summed E-state index contributed by atoms with van der Waals surface area (Å²) in [7, 11) is 0. The summed E-state index contributed by atoms with van der Waals surface area (Å²) in [6.07, 6.45) is 0. The van der Waals surface area contributed by atoms with E-state index < -0.39 is 11.5 Å². The van der Waals surface area contributed by atoms with Crippen LogP contribution in [-0.2, 0) is 4.74 Å². The van der Waals surface area contributed by atoms with E-state index in [-0.39, 0.29) is 34.9 Å². The third-order valence-electron chi connectivity index (χ3n) is 4.48. The minimum atomic E-state index is -0.792. The molecule has 4 aromatic rings. The molecule has 8 heteroatoms. The molecule has 0 unspecified atom stereocenters. The molecule has 0 aliphatic rings. The standard InChI is InChI=1S/C22H17N5O3/c1-2-30-21(29)18-17(14-9-5-3-6-10-14)16(13-23)19-25-22(26-27(19)20(18)28)24-15-11-7-4-8-12-15/h3-12H,2H2,1H3,(H2,24,25,26). The van der Waals surface area contributed by atoms with Crippen molar-refractivity contribution in [2.45, 2.75) is 6.92 Å². The predicted octanol–water partition coefficient (Wildman–Crippen LogP) is 3.48. The Hall–Kier alpha value is -4.38. The van der Waals surface area contributed by atoms with Crippen molar-refractivity contribution in [3.63, 3.8) is 0 Å². The van der Waals surface area contributed by atoms with Gasteiger partial charge in [0.15, 0.2) is 5.65 Å². The van der Waals surface area contributed by atoms with Gasteiger partial charge in [-0.15, -0.1) is 0 Å². The van der Waals surface area contributed by atoms with Gasteiger partial charge in [-0.1, -0.05) is 48.5 Å². The van der Waals surface area contributed by atoms with Crippen molar-refractivity contribution in [3.8, 4) is 17.2 Å². The minimum Gasteiger partial charge on any atom is -0.462 e.